The second-order valence-corrected chi connectivity index (χ2v) is 9.02. The Labute approximate surface area is 191 Å². The molecule has 1 unspecified atom stereocenters. The molecule has 0 spiro atoms. The molecule has 4 rings (SSSR count). The maximum absolute atomic E-state index is 13.9. The highest BCUT2D eigenvalue weighted by molar-refractivity contribution is 6.04. The third-order valence-corrected chi connectivity index (χ3v) is 7.34. The van der Waals surface area contributed by atoms with Crippen LogP contribution in [0.15, 0.2) is 41.4 Å². The number of rotatable bonds is 5. The number of ketones is 1. The molecule has 3 aliphatic rings. The van der Waals surface area contributed by atoms with E-state index in [2.05, 4.69) is 5.32 Å². The predicted molar refractivity (Wildman–Crippen MR) is 114 cm³/mol. The van der Waals surface area contributed by atoms with E-state index in [1.165, 1.54) is 19.4 Å². The molecule has 1 saturated heterocycles. The number of nitrogens with one attached hydrogen (secondary N) is 1. The smallest absolute Gasteiger partial charge is 0.252 e. The predicted octanol–water partition coefficient (Wildman–Crippen LogP) is 2.55. The Kier molecular flexibility index (Phi) is 6.05. The van der Waals surface area contributed by atoms with Gasteiger partial charge in [-0.2, -0.15) is 0 Å². The van der Waals surface area contributed by atoms with Crippen LogP contribution < -0.4 is 5.32 Å². The zero-order valence-electron chi connectivity index (χ0n) is 18.9. The van der Waals surface area contributed by atoms with Crippen molar-refractivity contribution in [3.05, 3.63) is 58.6 Å². The third-order valence-electron chi connectivity index (χ3n) is 7.34. The van der Waals surface area contributed by atoms with Gasteiger partial charge >= 0.3 is 0 Å². The highest BCUT2D eigenvalue weighted by Crippen LogP contribution is 2.53. The largest absolute Gasteiger partial charge is 0.496 e. The Morgan fingerprint density at radius 3 is 2.67 bits per heavy atom. The van der Waals surface area contributed by atoms with Crippen LogP contribution in [0.5, 0.6) is 0 Å². The van der Waals surface area contributed by atoms with Crippen molar-refractivity contribution in [3.63, 3.8) is 0 Å². The number of benzene rings is 1. The zero-order chi connectivity index (χ0) is 24.0. The van der Waals surface area contributed by atoms with E-state index in [1.807, 2.05) is 6.92 Å². The Morgan fingerprint density at radius 1 is 1.27 bits per heavy atom. The Morgan fingerprint density at radius 2 is 2.00 bits per heavy atom. The standard InChI is InChI=1S/C24H28F2N2O5/c1-23-8-4-5-9-24(23,33-3)13-28-12-16(19(29)20(32-2)18(28)21(23)30)22(31)27-11-14-6-7-15(25)10-17(14)26/h6-7,10,12,19,29H,4-5,8-9,11,13H2,1-3H3,(H,27,31)/t19?,23-,24-/m1/s1. The number of hydrogen-bond acceptors (Lipinski definition) is 6. The summed E-state index contributed by atoms with van der Waals surface area (Å²) in [6.07, 6.45) is 3.14. The number of ether oxygens (including phenoxy) is 2. The fraction of sp³-hybridized carbons (Fsp3) is 0.500. The number of nitrogens with zero attached hydrogens (tertiary/aromatic N) is 1. The molecule has 178 valence electrons. The second kappa shape index (κ2) is 8.53. The normalized spacial score (nSPS) is 29.3. The van der Waals surface area contributed by atoms with Gasteiger partial charge in [-0.15, -0.1) is 0 Å². The number of fused-ring (bicyclic) bond motifs is 2. The van der Waals surface area contributed by atoms with Crippen LogP contribution in [0.1, 0.15) is 38.2 Å². The summed E-state index contributed by atoms with van der Waals surface area (Å²) in [5.41, 5.74) is -1.23. The molecule has 0 bridgehead atoms. The van der Waals surface area contributed by atoms with Gasteiger partial charge in [-0.3, -0.25) is 9.59 Å². The Bertz CT molecular complexity index is 1060. The minimum atomic E-state index is -1.47. The number of aliphatic hydroxyl groups is 1. The summed E-state index contributed by atoms with van der Waals surface area (Å²) in [4.78, 5) is 28.2. The van der Waals surface area contributed by atoms with Crippen molar-refractivity contribution >= 4 is 11.7 Å². The van der Waals surface area contributed by atoms with Crippen molar-refractivity contribution in [2.75, 3.05) is 20.8 Å². The average Bonchev–Trinajstić information content (AvgIpc) is 2.79. The summed E-state index contributed by atoms with van der Waals surface area (Å²) in [7, 11) is 2.93. The van der Waals surface area contributed by atoms with E-state index in [1.54, 1.807) is 12.0 Å². The lowest BCUT2D eigenvalue weighted by molar-refractivity contribution is -0.174. The molecule has 1 aliphatic carbocycles. The summed E-state index contributed by atoms with van der Waals surface area (Å²) in [5, 5.41) is 13.4. The Balaban J connectivity index is 1.64. The number of halogens is 2. The van der Waals surface area contributed by atoms with Crippen LogP contribution in [0.4, 0.5) is 8.78 Å². The minimum absolute atomic E-state index is 0.00267. The molecule has 2 heterocycles. The summed E-state index contributed by atoms with van der Waals surface area (Å²) in [6, 6.07) is 3.08. The first kappa shape index (κ1) is 23.4. The van der Waals surface area contributed by atoms with E-state index in [4.69, 9.17) is 9.47 Å². The topological polar surface area (TPSA) is 88.1 Å². The fourth-order valence-corrected chi connectivity index (χ4v) is 5.31. The van der Waals surface area contributed by atoms with Gasteiger partial charge < -0.3 is 24.8 Å². The first-order valence-electron chi connectivity index (χ1n) is 10.9. The van der Waals surface area contributed by atoms with E-state index >= 15 is 0 Å². The molecule has 0 radical (unpaired) electrons. The quantitative estimate of drug-likeness (QED) is 0.700. The number of allylic oxidation sites excluding steroid dienone is 1. The number of aliphatic hydroxyl groups excluding tert-OH is 1. The van der Waals surface area contributed by atoms with E-state index in [0.717, 1.165) is 25.0 Å². The van der Waals surface area contributed by atoms with Crippen LogP contribution in [-0.4, -0.2) is 54.2 Å². The van der Waals surface area contributed by atoms with E-state index in [9.17, 15) is 23.5 Å². The first-order chi connectivity index (χ1) is 15.7. The zero-order valence-corrected chi connectivity index (χ0v) is 18.9. The molecule has 2 aliphatic heterocycles. The molecule has 9 heteroatoms. The third kappa shape index (κ3) is 3.63. The molecule has 33 heavy (non-hydrogen) atoms. The molecule has 7 nitrogen and oxygen atoms in total. The fourth-order valence-electron chi connectivity index (χ4n) is 5.31. The van der Waals surface area contributed by atoms with Crippen molar-refractivity contribution in [1.82, 2.24) is 10.2 Å². The van der Waals surface area contributed by atoms with Crippen molar-refractivity contribution < 1.29 is 33.0 Å². The van der Waals surface area contributed by atoms with Gasteiger partial charge in [-0.25, -0.2) is 8.78 Å². The number of carbonyl (C=O) groups excluding carboxylic acids is 2. The van der Waals surface area contributed by atoms with Crippen LogP contribution >= 0.6 is 0 Å². The number of amides is 1. The van der Waals surface area contributed by atoms with E-state index in [0.29, 0.717) is 19.4 Å². The molecule has 3 atom stereocenters. The van der Waals surface area contributed by atoms with Crippen LogP contribution in [0.25, 0.3) is 0 Å². The van der Waals surface area contributed by atoms with E-state index < -0.39 is 34.7 Å². The van der Waals surface area contributed by atoms with Gasteiger partial charge in [0, 0.05) is 31.5 Å². The molecule has 0 aromatic heterocycles. The lowest BCUT2D eigenvalue weighted by atomic mass is 9.58. The number of carbonyl (C=O) groups is 2. The van der Waals surface area contributed by atoms with Gasteiger partial charge in [-0.1, -0.05) is 18.9 Å². The molecular weight excluding hydrogens is 434 g/mol. The molecule has 1 saturated carbocycles. The summed E-state index contributed by atoms with van der Waals surface area (Å²) in [5.74, 6) is -2.34. The Hall–Kier alpha value is -2.78. The molecule has 1 aromatic carbocycles. The monoisotopic (exact) mass is 462 g/mol. The lowest BCUT2D eigenvalue weighted by Gasteiger charge is -2.56. The number of hydrogen-bond donors (Lipinski definition) is 2. The maximum Gasteiger partial charge on any atom is 0.252 e. The van der Waals surface area contributed by atoms with Gasteiger partial charge in [0.2, 0.25) is 0 Å². The number of Topliss-reactive ketones (excluding diaryl/α,β-unsaturated/α-hetero) is 1. The van der Waals surface area contributed by atoms with Crippen molar-refractivity contribution in [1.29, 1.82) is 0 Å². The summed E-state index contributed by atoms with van der Waals surface area (Å²) < 4.78 is 38.4. The van der Waals surface area contributed by atoms with Crippen molar-refractivity contribution in [2.24, 2.45) is 5.41 Å². The van der Waals surface area contributed by atoms with Gasteiger partial charge in [0.25, 0.3) is 5.91 Å². The number of piperidine rings is 1. The SMILES string of the molecule is COC1=C2C(=O)[C@@]3(C)CCCC[C@@]3(OC)CN2C=C(C(=O)NCc2ccc(F)cc2F)C1O. The highest BCUT2D eigenvalue weighted by Gasteiger charge is 2.61. The van der Waals surface area contributed by atoms with Crippen molar-refractivity contribution in [3.8, 4) is 0 Å². The van der Waals surface area contributed by atoms with E-state index in [-0.39, 0.29) is 34.9 Å². The molecule has 2 N–H and O–H groups in total. The van der Waals surface area contributed by atoms with Gasteiger partial charge in [0.15, 0.2) is 11.5 Å². The van der Waals surface area contributed by atoms with Crippen molar-refractivity contribution in [2.45, 2.75) is 50.9 Å². The molecule has 2 fully saturated rings. The second-order valence-electron chi connectivity index (χ2n) is 9.02. The van der Waals surface area contributed by atoms with Gasteiger partial charge in [0.05, 0.1) is 30.2 Å². The van der Waals surface area contributed by atoms with Gasteiger partial charge in [-0.05, 0) is 25.8 Å². The lowest BCUT2D eigenvalue weighted by Crippen LogP contribution is -2.65. The summed E-state index contributed by atoms with van der Waals surface area (Å²) >= 11 is 0. The maximum atomic E-state index is 13.9. The molecular formula is C24H28F2N2O5. The average molecular weight is 462 g/mol. The molecule has 1 aromatic rings. The van der Waals surface area contributed by atoms with Crippen LogP contribution in [0.3, 0.4) is 0 Å². The molecule has 1 amide bonds. The van der Waals surface area contributed by atoms with Gasteiger partial charge in [0.1, 0.15) is 23.4 Å². The van der Waals surface area contributed by atoms with Crippen LogP contribution in [0, 0.1) is 17.0 Å². The first-order valence-corrected chi connectivity index (χ1v) is 10.9. The van der Waals surface area contributed by atoms with Crippen LogP contribution in [0.2, 0.25) is 0 Å². The van der Waals surface area contributed by atoms with Crippen LogP contribution in [-0.2, 0) is 25.6 Å². The minimum Gasteiger partial charge on any atom is -0.496 e. The highest BCUT2D eigenvalue weighted by atomic mass is 19.1. The number of methoxy groups -OCH3 is 2. The summed E-state index contributed by atoms with van der Waals surface area (Å²) in [6.45, 7) is 2.02.